The van der Waals surface area contributed by atoms with Gasteiger partial charge in [-0.25, -0.2) is 0 Å². The molecule has 0 aliphatic carbocycles. The van der Waals surface area contributed by atoms with E-state index in [-0.39, 0.29) is 6.04 Å². The lowest BCUT2D eigenvalue weighted by Gasteiger charge is -2.09. The van der Waals surface area contributed by atoms with Gasteiger partial charge in [-0.2, -0.15) is 0 Å². The highest BCUT2D eigenvalue weighted by molar-refractivity contribution is 5.14. The third-order valence-electron chi connectivity index (χ3n) is 2.86. The molecule has 1 aromatic rings. The Bertz CT molecular complexity index is 265. The second-order valence-corrected chi connectivity index (χ2v) is 4.17. The zero-order valence-electron chi connectivity index (χ0n) is 9.53. The smallest absolute Gasteiger partial charge is 0.0307 e. The van der Waals surface area contributed by atoms with Crippen LogP contribution in [-0.2, 0) is 6.54 Å². The molecule has 1 rings (SSSR count). The van der Waals surface area contributed by atoms with Gasteiger partial charge in [-0.15, -0.1) is 0 Å². The summed E-state index contributed by atoms with van der Waals surface area (Å²) in [6.07, 6.45) is 6.55. The van der Waals surface area contributed by atoms with Crippen molar-refractivity contribution in [1.82, 2.24) is 4.57 Å². The van der Waals surface area contributed by atoms with E-state index in [4.69, 9.17) is 5.73 Å². The first-order valence-electron chi connectivity index (χ1n) is 5.58. The molecule has 0 fully saturated rings. The van der Waals surface area contributed by atoms with E-state index in [0.717, 1.165) is 18.9 Å². The number of nitrogens with zero attached hydrogens (tertiary/aromatic N) is 1. The summed E-state index contributed by atoms with van der Waals surface area (Å²) < 4.78 is 2.25. The van der Waals surface area contributed by atoms with E-state index in [0.29, 0.717) is 0 Å². The number of aromatic nitrogens is 1. The number of rotatable bonds is 5. The SMILES string of the molecule is CCC(C)Cn1ccc(C(N)CC)c1. The molecule has 2 atom stereocenters. The average Bonchev–Trinajstić information content (AvgIpc) is 2.65. The van der Waals surface area contributed by atoms with Gasteiger partial charge in [0.15, 0.2) is 0 Å². The van der Waals surface area contributed by atoms with Crippen LogP contribution in [0.3, 0.4) is 0 Å². The first kappa shape index (κ1) is 11.3. The summed E-state index contributed by atoms with van der Waals surface area (Å²) in [6.45, 7) is 7.73. The van der Waals surface area contributed by atoms with Crippen LogP contribution >= 0.6 is 0 Å². The molecule has 0 aliphatic rings. The van der Waals surface area contributed by atoms with E-state index < -0.39 is 0 Å². The Kier molecular flexibility index (Phi) is 4.21. The van der Waals surface area contributed by atoms with Gasteiger partial charge in [0, 0.05) is 25.0 Å². The maximum Gasteiger partial charge on any atom is 0.0307 e. The molecule has 80 valence electrons. The van der Waals surface area contributed by atoms with Crippen molar-refractivity contribution >= 4 is 0 Å². The van der Waals surface area contributed by atoms with E-state index in [1.165, 1.54) is 12.0 Å². The third-order valence-corrected chi connectivity index (χ3v) is 2.86. The Labute approximate surface area is 87.1 Å². The monoisotopic (exact) mass is 194 g/mol. The molecule has 2 unspecified atom stereocenters. The van der Waals surface area contributed by atoms with Crippen molar-refractivity contribution in [1.29, 1.82) is 0 Å². The van der Waals surface area contributed by atoms with Gasteiger partial charge in [0.2, 0.25) is 0 Å². The highest BCUT2D eigenvalue weighted by atomic mass is 14.9. The minimum Gasteiger partial charge on any atom is -0.354 e. The highest BCUT2D eigenvalue weighted by Gasteiger charge is 2.06. The molecule has 0 spiro atoms. The Hall–Kier alpha value is -0.760. The molecular weight excluding hydrogens is 172 g/mol. The Morgan fingerprint density at radius 3 is 2.64 bits per heavy atom. The van der Waals surface area contributed by atoms with Gasteiger partial charge in [-0.1, -0.05) is 27.2 Å². The fraction of sp³-hybridized carbons (Fsp3) is 0.667. The zero-order chi connectivity index (χ0) is 10.6. The predicted octanol–water partition coefficient (Wildman–Crippen LogP) is 2.94. The molecule has 1 heterocycles. The van der Waals surface area contributed by atoms with Crippen molar-refractivity contribution < 1.29 is 0 Å². The molecule has 0 saturated heterocycles. The summed E-state index contributed by atoms with van der Waals surface area (Å²) in [6, 6.07) is 2.34. The van der Waals surface area contributed by atoms with E-state index in [1.807, 2.05) is 0 Å². The van der Waals surface area contributed by atoms with Gasteiger partial charge < -0.3 is 10.3 Å². The van der Waals surface area contributed by atoms with Crippen LogP contribution in [-0.4, -0.2) is 4.57 Å². The fourth-order valence-electron chi connectivity index (χ4n) is 1.52. The van der Waals surface area contributed by atoms with Crippen molar-refractivity contribution in [3.63, 3.8) is 0 Å². The van der Waals surface area contributed by atoms with Crippen LogP contribution in [0.4, 0.5) is 0 Å². The molecule has 2 N–H and O–H groups in total. The first-order chi connectivity index (χ1) is 6.67. The maximum atomic E-state index is 5.96. The predicted molar refractivity (Wildman–Crippen MR) is 61.1 cm³/mol. The van der Waals surface area contributed by atoms with Gasteiger partial charge in [-0.05, 0) is 24.0 Å². The number of hydrogen-bond acceptors (Lipinski definition) is 1. The molecular formula is C12H22N2. The van der Waals surface area contributed by atoms with Gasteiger partial charge in [0.05, 0.1) is 0 Å². The van der Waals surface area contributed by atoms with Crippen molar-refractivity contribution in [2.24, 2.45) is 11.7 Å². The minimum atomic E-state index is 0.202. The van der Waals surface area contributed by atoms with Gasteiger partial charge in [0.1, 0.15) is 0 Å². The summed E-state index contributed by atoms with van der Waals surface area (Å²) in [4.78, 5) is 0. The first-order valence-corrected chi connectivity index (χ1v) is 5.58. The third kappa shape index (κ3) is 2.88. The van der Waals surface area contributed by atoms with Gasteiger partial charge >= 0.3 is 0 Å². The molecule has 14 heavy (non-hydrogen) atoms. The van der Waals surface area contributed by atoms with Crippen molar-refractivity contribution in [3.8, 4) is 0 Å². The van der Waals surface area contributed by atoms with Crippen LogP contribution in [0, 0.1) is 5.92 Å². The zero-order valence-corrected chi connectivity index (χ0v) is 9.53. The maximum absolute atomic E-state index is 5.96. The molecule has 0 radical (unpaired) electrons. The van der Waals surface area contributed by atoms with Crippen LogP contribution < -0.4 is 5.73 Å². The van der Waals surface area contributed by atoms with Crippen LogP contribution in [0.15, 0.2) is 18.5 Å². The molecule has 2 heteroatoms. The van der Waals surface area contributed by atoms with Crippen LogP contribution in [0.2, 0.25) is 0 Å². The van der Waals surface area contributed by atoms with Gasteiger partial charge in [-0.3, -0.25) is 0 Å². The largest absolute Gasteiger partial charge is 0.354 e. The van der Waals surface area contributed by atoms with Crippen molar-refractivity contribution in [2.45, 2.75) is 46.2 Å². The molecule has 0 aromatic carbocycles. The number of nitrogens with two attached hydrogens (primary N) is 1. The summed E-state index contributed by atoms with van der Waals surface area (Å²) in [7, 11) is 0. The molecule has 0 amide bonds. The second kappa shape index (κ2) is 5.20. The summed E-state index contributed by atoms with van der Waals surface area (Å²) in [5.74, 6) is 0.744. The van der Waals surface area contributed by atoms with Crippen LogP contribution in [0.1, 0.15) is 45.2 Å². The average molecular weight is 194 g/mol. The highest BCUT2D eigenvalue weighted by Crippen LogP contribution is 2.15. The van der Waals surface area contributed by atoms with E-state index in [2.05, 4.69) is 43.8 Å². The van der Waals surface area contributed by atoms with Crippen molar-refractivity contribution in [2.75, 3.05) is 0 Å². The Morgan fingerprint density at radius 1 is 1.36 bits per heavy atom. The molecule has 0 bridgehead atoms. The molecule has 0 saturated carbocycles. The molecule has 2 nitrogen and oxygen atoms in total. The Balaban J connectivity index is 2.59. The summed E-state index contributed by atoms with van der Waals surface area (Å²) in [5, 5.41) is 0. The van der Waals surface area contributed by atoms with E-state index >= 15 is 0 Å². The second-order valence-electron chi connectivity index (χ2n) is 4.17. The van der Waals surface area contributed by atoms with Gasteiger partial charge in [0.25, 0.3) is 0 Å². The molecule has 1 aromatic heterocycles. The molecule has 0 aliphatic heterocycles. The van der Waals surface area contributed by atoms with E-state index in [9.17, 15) is 0 Å². The van der Waals surface area contributed by atoms with Crippen molar-refractivity contribution in [3.05, 3.63) is 24.0 Å². The lowest BCUT2D eigenvalue weighted by Crippen LogP contribution is -2.08. The lowest BCUT2D eigenvalue weighted by atomic mass is 10.1. The topological polar surface area (TPSA) is 30.9 Å². The normalized spacial score (nSPS) is 15.4. The summed E-state index contributed by atoms with van der Waals surface area (Å²) >= 11 is 0. The fourth-order valence-corrected chi connectivity index (χ4v) is 1.52. The standard InChI is InChI=1S/C12H22N2/c1-4-10(3)8-14-7-6-11(9-14)12(13)5-2/h6-7,9-10,12H,4-5,8,13H2,1-3H3. The minimum absolute atomic E-state index is 0.202. The van der Waals surface area contributed by atoms with Crippen LogP contribution in [0.5, 0.6) is 0 Å². The Morgan fingerprint density at radius 2 is 2.07 bits per heavy atom. The van der Waals surface area contributed by atoms with E-state index in [1.54, 1.807) is 0 Å². The summed E-state index contributed by atoms with van der Waals surface area (Å²) in [5.41, 5.74) is 7.22. The quantitative estimate of drug-likeness (QED) is 0.767. The lowest BCUT2D eigenvalue weighted by molar-refractivity contribution is 0.469. The van der Waals surface area contributed by atoms with Crippen LogP contribution in [0.25, 0.3) is 0 Å². The number of hydrogen-bond donors (Lipinski definition) is 1.